The number of hydrogen-bond acceptors (Lipinski definition) is 5. The number of rotatable bonds is 3. The van der Waals surface area contributed by atoms with E-state index >= 15 is 0 Å². The molecule has 4 N–H and O–H groups in total. The van der Waals surface area contributed by atoms with Crippen molar-refractivity contribution in [3.05, 3.63) is 16.7 Å². The molecule has 2 aromatic rings. The molecule has 0 unspecified atom stereocenters. The second kappa shape index (κ2) is 4.77. The van der Waals surface area contributed by atoms with Crippen molar-refractivity contribution in [3.8, 4) is 28.4 Å². The molecule has 1 heterocycles. The van der Waals surface area contributed by atoms with E-state index in [2.05, 4.69) is 26.1 Å². The molecule has 0 amide bonds. The predicted molar refractivity (Wildman–Crippen MR) is 70.9 cm³/mol. The van der Waals surface area contributed by atoms with Gasteiger partial charge >= 0.3 is 0 Å². The van der Waals surface area contributed by atoms with Crippen LogP contribution in [-0.4, -0.2) is 29.5 Å². The Morgan fingerprint density at radius 2 is 2.11 bits per heavy atom. The number of aromatic nitrogens is 2. The summed E-state index contributed by atoms with van der Waals surface area (Å²) < 4.78 is 10.9. The van der Waals surface area contributed by atoms with Gasteiger partial charge in [-0.2, -0.15) is 5.10 Å². The number of methoxy groups -OCH3 is 2. The van der Waals surface area contributed by atoms with E-state index in [0.29, 0.717) is 32.9 Å². The van der Waals surface area contributed by atoms with Crippen LogP contribution < -0.4 is 15.2 Å². The van der Waals surface area contributed by atoms with E-state index in [1.165, 1.54) is 26.5 Å². The minimum absolute atomic E-state index is 0.0209. The van der Waals surface area contributed by atoms with E-state index in [1.54, 1.807) is 0 Å². The van der Waals surface area contributed by atoms with E-state index < -0.39 is 0 Å². The minimum Gasteiger partial charge on any atom is -0.507 e. The molecule has 0 radical (unpaired) electrons. The van der Waals surface area contributed by atoms with Gasteiger partial charge in [-0.1, -0.05) is 0 Å². The van der Waals surface area contributed by atoms with Crippen LogP contribution in [0.4, 0.5) is 5.82 Å². The number of aromatic amines is 1. The van der Waals surface area contributed by atoms with Crippen molar-refractivity contribution in [3.63, 3.8) is 0 Å². The lowest BCUT2D eigenvalue weighted by Gasteiger charge is -2.14. The molecular formula is C11H12BrN3O3. The molecule has 0 aliphatic heterocycles. The number of halogens is 1. The number of nitrogens with two attached hydrogens (primary N) is 1. The molecule has 6 nitrogen and oxygen atoms in total. The summed E-state index contributed by atoms with van der Waals surface area (Å²) in [6.07, 6.45) is 1.53. The standard InChI is InChI=1S/C11H12BrN3O3/c1-17-7-3-6(16)8(9(12)10(7)18-2)5-4-14-15-11(5)13/h3-4,16H,1-2H3,(H3,13,14,15). The third-order valence-electron chi connectivity index (χ3n) is 2.53. The molecule has 18 heavy (non-hydrogen) atoms. The molecule has 0 aliphatic rings. The van der Waals surface area contributed by atoms with E-state index in [0.717, 1.165) is 0 Å². The van der Waals surface area contributed by atoms with Crippen LogP contribution in [0.5, 0.6) is 17.2 Å². The Hall–Kier alpha value is -1.89. The topological polar surface area (TPSA) is 93.4 Å². The Labute approximate surface area is 112 Å². The zero-order valence-electron chi connectivity index (χ0n) is 9.82. The lowest BCUT2D eigenvalue weighted by atomic mass is 10.1. The van der Waals surface area contributed by atoms with Crippen molar-refractivity contribution >= 4 is 21.7 Å². The van der Waals surface area contributed by atoms with Crippen LogP contribution in [0, 0.1) is 0 Å². The molecule has 0 saturated heterocycles. The summed E-state index contributed by atoms with van der Waals surface area (Å²) in [5, 5.41) is 16.5. The summed E-state index contributed by atoms with van der Waals surface area (Å²) in [6, 6.07) is 1.46. The third kappa shape index (κ3) is 1.86. The van der Waals surface area contributed by atoms with Crippen LogP contribution in [0.1, 0.15) is 0 Å². The van der Waals surface area contributed by atoms with E-state index in [1.807, 2.05) is 0 Å². The van der Waals surface area contributed by atoms with Crippen LogP contribution in [0.15, 0.2) is 16.7 Å². The van der Waals surface area contributed by atoms with Crippen molar-refractivity contribution in [2.75, 3.05) is 20.0 Å². The number of H-pyrrole nitrogens is 1. The highest BCUT2D eigenvalue weighted by atomic mass is 79.9. The van der Waals surface area contributed by atoms with Gasteiger partial charge in [0, 0.05) is 17.2 Å². The van der Waals surface area contributed by atoms with Crippen LogP contribution in [-0.2, 0) is 0 Å². The van der Waals surface area contributed by atoms with Crippen molar-refractivity contribution in [2.24, 2.45) is 0 Å². The number of nitrogens with zero attached hydrogens (tertiary/aromatic N) is 1. The molecular weight excluding hydrogens is 302 g/mol. The fraction of sp³-hybridized carbons (Fsp3) is 0.182. The first-order valence-electron chi connectivity index (χ1n) is 5.02. The number of aromatic hydroxyl groups is 1. The average molecular weight is 314 g/mol. The molecule has 1 aromatic heterocycles. The lowest BCUT2D eigenvalue weighted by Crippen LogP contribution is -1.95. The fourth-order valence-electron chi connectivity index (χ4n) is 1.69. The Balaban J connectivity index is 2.73. The van der Waals surface area contributed by atoms with Crippen LogP contribution >= 0.6 is 15.9 Å². The summed E-state index contributed by atoms with van der Waals surface area (Å²) in [5.74, 6) is 1.28. The van der Waals surface area contributed by atoms with Crippen molar-refractivity contribution in [2.45, 2.75) is 0 Å². The van der Waals surface area contributed by atoms with Gasteiger partial charge in [-0.05, 0) is 15.9 Å². The number of ether oxygens (including phenoxy) is 2. The second-order valence-corrected chi connectivity index (χ2v) is 4.31. The first-order chi connectivity index (χ1) is 8.60. The van der Waals surface area contributed by atoms with E-state index in [-0.39, 0.29) is 5.75 Å². The van der Waals surface area contributed by atoms with Gasteiger partial charge in [0.15, 0.2) is 11.5 Å². The number of benzene rings is 1. The number of phenols is 1. The number of nitrogen functional groups attached to an aromatic ring is 1. The van der Waals surface area contributed by atoms with Crippen molar-refractivity contribution in [1.82, 2.24) is 10.2 Å². The van der Waals surface area contributed by atoms with Gasteiger partial charge in [0.25, 0.3) is 0 Å². The largest absolute Gasteiger partial charge is 0.507 e. The molecule has 7 heteroatoms. The number of anilines is 1. The first-order valence-corrected chi connectivity index (χ1v) is 5.82. The van der Waals surface area contributed by atoms with Gasteiger partial charge in [-0.3, -0.25) is 5.10 Å². The average Bonchev–Trinajstić information content (AvgIpc) is 2.75. The minimum atomic E-state index is 0.0209. The zero-order valence-corrected chi connectivity index (χ0v) is 11.4. The van der Waals surface area contributed by atoms with Crippen LogP contribution in [0.25, 0.3) is 11.1 Å². The summed E-state index contributed by atoms with van der Waals surface area (Å²) >= 11 is 3.38. The molecule has 0 bridgehead atoms. The molecule has 0 saturated carbocycles. The Bertz CT molecular complexity index is 583. The summed E-state index contributed by atoms with van der Waals surface area (Å²) in [4.78, 5) is 0. The molecule has 0 fully saturated rings. The molecule has 1 aromatic carbocycles. The van der Waals surface area contributed by atoms with Crippen molar-refractivity contribution in [1.29, 1.82) is 0 Å². The fourth-order valence-corrected chi connectivity index (χ4v) is 2.46. The maximum atomic E-state index is 10.1. The molecule has 0 spiro atoms. The Morgan fingerprint density at radius 1 is 1.39 bits per heavy atom. The highest BCUT2D eigenvalue weighted by Crippen LogP contribution is 2.48. The second-order valence-electron chi connectivity index (χ2n) is 3.52. The van der Waals surface area contributed by atoms with Crippen LogP contribution in [0.2, 0.25) is 0 Å². The number of hydrogen-bond donors (Lipinski definition) is 3. The van der Waals surface area contributed by atoms with Crippen molar-refractivity contribution < 1.29 is 14.6 Å². The smallest absolute Gasteiger partial charge is 0.175 e. The molecule has 0 aliphatic carbocycles. The maximum absolute atomic E-state index is 10.1. The Morgan fingerprint density at radius 3 is 2.61 bits per heavy atom. The lowest BCUT2D eigenvalue weighted by molar-refractivity contribution is 0.350. The first kappa shape index (κ1) is 12.6. The number of nitrogens with one attached hydrogen (secondary N) is 1. The van der Waals surface area contributed by atoms with E-state index in [9.17, 15) is 5.11 Å². The monoisotopic (exact) mass is 313 g/mol. The van der Waals surface area contributed by atoms with E-state index in [4.69, 9.17) is 15.2 Å². The van der Waals surface area contributed by atoms with Gasteiger partial charge in [-0.25, -0.2) is 0 Å². The SMILES string of the molecule is COc1cc(O)c(-c2cn[nH]c2N)c(Br)c1OC. The van der Waals surface area contributed by atoms with Gasteiger partial charge in [0.05, 0.1) is 24.9 Å². The van der Waals surface area contributed by atoms with Gasteiger partial charge in [0.1, 0.15) is 11.6 Å². The zero-order chi connectivity index (χ0) is 13.3. The number of phenolic OH excluding ortho intramolecular Hbond substituents is 1. The molecule has 0 atom stereocenters. The summed E-state index contributed by atoms with van der Waals surface area (Å²) in [7, 11) is 3.01. The maximum Gasteiger partial charge on any atom is 0.175 e. The van der Waals surface area contributed by atoms with Gasteiger partial charge in [-0.15, -0.1) is 0 Å². The highest BCUT2D eigenvalue weighted by Gasteiger charge is 2.21. The molecule has 96 valence electrons. The van der Waals surface area contributed by atoms with Gasteiger partial charge < -0.3 is 20.3 Å². The Kier molecular flexibility index (Phi) is 3.33. The quantitative estimate of drug-likeness (QED) is 0.807. The van der Waals surface area contributed by atoms with Gasteiger partial charge in [0.2, 0.25) is 0 Å². The normalized spacial score (nSPS) is 10.4. The molecule has 2 rings (SSSR count). The van der Waals surface area contributed by atoms with Crippen LogP contribution in [0.3, 0.4) is 0 Å². The predicted octanol–water partition coefficient (Wildman–Crippen LogP) is 2.14. The highest BCUT2D eigenvalue weighted by molar-refractivity contribution is 9.10. The summed E-state index contributed by atoms with van der Waals surface area (Å²) in [6.45, 7) is 0. The summed E-state index contributed by atoms with van der Waals surface area (Å²) in [5.41, 5.74) is 6.83. The third-order valence-corrected chi connectivity index (χ3v) is 3.29.